The quantitative estimate of drug-likeness (QED) is 0.796. The molecule has 0 amide bonds. The zero-order chi connectivity index (χ0) is 13.7. The van der Waals surface area contributed by atoms with Gasteiger partial charge >= 0.3 is 5.97 Å². The van der Waals surface area contributed by atoms with Crippen LogP contribution in [0.3, 0.4) is 0 Å². The third-order valence-electron chi connectivity index (χ3n) is 3.53. The minimum atomic E-state index is -0.0224. The summed E-state index contributed by atoms with van der Waals surface area (Å²) in [6.45, 7) is 5.25. The van der Waals surface area contributed by atoms with Crippen molar-refractivity contribution in [3.8, 4) is 0 Å². The number of esters is 1. The molecule has 0 unspecified atom stereocenters. The monoisotopic (exact) mass is 325 g/mol. The smallest absolute Gasteiger partial charge is 0.309 e. The van der Waals surface area contributed by atoms with Gasteiger partial charge in [0, 0.05) is 11.0 Å². The number of carbonyl (C=O) groups is 1. The minimum Gasteiger partial charge on any atom is -0.466 e. The molecular formula is C15H20BrNO2. The van der Waals surface area contributed by atoms with Crippen molar-refractivity contribution in [1.29, 1.82) is 0 Å². The Labute approximate surface area is 123 Å². The van der Waals surface area contributed by atoms with Gasteiger partial charge in [0.25, 0.3) is 0 Å². The second-order valence-corrected chi connectivity index (χ2v) is 5.84. The van der Waals surface area contributed by atoms with E-state index in [9.17, 15) is 4.79 Å². The van der Waals surface area contributed by atoms with Crippen molar-refractivity contribution in [3.63, 3.8) is 0 Å². The molecule has 0 radical (unpaired) electrons. The highest BCUT2D eigenvalue weighted by Crippen LogP contribution is 2.20. The average molecular weight is 326 g/mol. The molecule has 19 heavy (non-hydrogen) atoms. The topological polar surface area (TPSA) is 29.5 Å². The highest BCUT2D eigenvalue weighted by atomic mass is 79.9. The summed E-state index contributed by atoms with van der Waals surface area (Å²) >= 11 is 3.44. The standard InChI is InChI=1S/C15H20BrNO2/c1-2-19-15(18)13-7-9-17(10-8-13)11-12-3-5-14(16)6-4-12/h3-6,13H,2,7-11H2,1H3. The normalized spacial score (nSPS) is 17.4. The summed E-state index contributed by atoms with van der Waals surface area (Å²) in [6.07, 6.45) is 1.82. The molecule has 1 aromatic rings. The van der Waals surface area contributed by atoms with Crippen LogP contribution in [0, 0.1) is 5.92 Å². The van der Waals surface area contributed by atoms with Gasteiger partial charge < -0.3 is 4.74 Å². The van der Waals surface area contributed by atoms with Crippen LogP contribution in [0.25, 0.3) is 0 Å². The average Bonchev–Trinajstić information content (AvgIpc) is 2.42. The van der Waals surface area contributed by atoms with Crippen LogP contribution in [-0.4, -0.2) is 30.6 Å². The lowest BCUT2D eigenvalue weighted by Gasteiger charge is -2.30. The van der Waals surface area contributed by atoms with Crippen LogP contribution in [0.5, 0.6) is 0 Å². The number of hydrogen-bond donors (Lipinski definition) is 0. The molecule has 104 valence electrons. The van der Waals surface area contributed by atoms with Gasteiger partial charge in [-0.25, -0.2) is 0 Å². The Bertz CT molecular complexity index is 411. The third-order valence-corrected chi connectivity index (χ3v) is 4.06. The van der Waals surface area contributed by atoms with Gasteiger partial charge in [-0.15, -0.1) is 0 Å². The van der Waals surface area contributed by atoms with Gasteiger partial charge in [-0.1, -0.05) is 28.1 Å². The summed E-state index contributed by atoms with van der Waals surface area (Å²) in [4.78, 5) is 14.1. The van der Waals surface area contributed by atoms with Crippen LogP contribution in [0.15, 0.2) is 28.7 Å². The lowest BCUT2D eigenvalue weighted by atomic mass is 9.96. The molecule has 0 spiro atoms. The Morgan fingerprint density at radius 3 is 2.53 bits per heavy atom. The fourth-order valence-electron chi connectivity index (χ4n) is 2.43. The highest BCUT2D eigenvalue weighted by molar-refractivity contribution is 9.10. The molecule has 4 heteroatoms. The molecular weight excluding hydrogens is 306 g/mol. The fourth-order valence-corrected chi connectivity index (χ4v) is 2.70. The number of hydrogen-bond acceptors (Lipinski definition) is 3. The molecule has 1 aliphatic heterocycles. The first-order valence-corrected chi connectivity index (χ1v) is 7.61. The van der Waals surface area contributed by atoms with E-state index in [-0.39, 0.29) is 11.9 Å². The van der Waals surface area contributed by atoms with Gasteiger partial charge in [-0.2, -0.15) is 0 Å². The molecule has 1 fully saturated rings. The van der Waals surface area contributed by atoms with E-state index in [1.54, 1.807) is 0 Å². The summed E-state index contributed by atoms with van der Waals surface area (Å²) in [6, 6.07) is 8.42. The van der Waals surface area contributed by atoms with Gasteiger partial charge in [0.05, 0.1) is 12.5 Å². The van der Waals surface area contributed by atoms with E-state index in [0.29, 0.717) is 6.61 Å². The fraction of sp³-hybridized carbons (Fsp3) is 0.533. The number of carbonyl (C=O) groups excluding carboxylic acids is 1. The van der Waals surface area contributed by atoms with Gasteiger partial charge in [0.1, 0.15) is 0 Å². The predicted octanol–water partition coefficient (Wildman–Crippen LogP) is 3.22. The van der Waals surface area contributed by atoms with Crippen LogP contribution < -0.4 is 0 Å². The first kappa shape index (κ1) is 14.5. The van der Waals surface area contributed by atoms with Crippen LogP contribution in [-0.2, 0) is 16.1 Å². The van der Waals surface area contributed by atoms with Crippen molar-refractivity contribution in [2.75, 3.05) is 19.7 Å². The number of piperidine rings is 1. The van der Waals surface area contributed by atoms with Crippen molar-refractivity contribution >= 4 is 21.9 Å². The van der Waals surface area contributed by atoms with Gasteiger partial charge in [0.15, 0.2) is 0 Å². The molecule has 2 rings (SSSR count). The van der Waals surface area contributed by atoms with Crippen LogP contribution in [0.2, 0.25) is 0 Å². The van der Waals surface area contributed by atoms with Crippen LogP contribution >= 0.6 is 15.9 Å². The zero-order valence-electron chi connectivity index (χ0n) is 11.3. The molecule has 0 aliphatic carbocycles. The Kier molecular flexibility index (Phi) is 5.40. The summed E-state index contributed by atoms with van der Waals surface area (Å²) in [7, 11) is 0. The van der Waals surface area contributed by atoms with Crippen LogP contribution in [0.4, 0.5) is 0 Å². The summed E-state index contributed by atoms with van der Waals surface area (Å²) in [5.41, 5.74) is 1.32. The van der Waals surface area contributed by atoms with E-state index < -0.39 is 0 Å². The first-order chi connectivity index (χ1) is 9.19. The Morgan fingerprint density at radius 1 is 1.32 bits per heavy atom. The third kappa shape index (κ3) is 4.32. The molecule has 0 N–H and O–H groups in total. The van der Waals surface area contributed by atoms with Crippen molar-refractivity contribution in [2.45, 2.75) is 26.3 Å². The maximum absolute atomic E-state index is 11.7. The van der Waals surface area contributed by atoms with Crippen LogP contribution in [0.1, 0.15) is 25.3 Å². The molecule has 1 aromatic carbocycles. The lowest BCUT2D eigenvalue weighted by Crippen LogP contribution is -2.36. The Balaban J connectivity index is 1.80. The van der Waals surface area contributed by atoms with Crippen molar-refractivity contribution in [2.24, 2.45) is 5.92 Å². The Hall–Kier alpha value is -0.870. The number of nitrogens with zero attached hydrogens (tertiary/aromatic N) is 1. The maximum Gasteiger partial charge on any atom is 0.309 e. The number of benzene rings is 1. The first-order valence-electron chi connectivity index (χ1n) is 6.82. The summed E-state index contributed by atoms with van der Waals surface area (Å²) < 4.78 is 6.19. The molecule has 0 saturated carbocycles. The van der Waals surface area contributed by atoms with E-state index in [4.69, 9.17) is 4.74 Å². The minimum absolute atomic E-state index is 0.0224. The molecule has 1 saturated heterocycles. The van der Waals surface area contributed by atoms with Crippen molar-refractivity contribution in [3.05, 3.63) is 34.3 Å². The molecule has 1 aliphatic rings. The summed E-state index contributed by atoms with van der Waals surface area (Å²) in [5, 5.41) is 0. The largest absolute Gasteiger partial charge is 0.466 e. The Morgan fingerprint density at radius 2 is 1.95 bits per heavy atom. The molecule has 0 bridgehead atoms. The van der Waals surface area contributed by atoms with Gasteiger partial charge in [-0.3, -0.25) is 9.69 Å². The molecule has 1 heterocycles. The number of likely N-dealkylation sites (tertiary alicyclic amines) is 1. The molecule has 3 nitrogen and oxygen atoms in total. The second kappa shape index (κ2) is 7.06. The number of rotatable bonds is 4. The van der Waals surface area contributed by atoms with E-state index in [1.807, 2.05) is 6.92 Å². The maximum atomic E-state index is 11.7. The number of halogens is 1. The van der Waals surface area contributed by atoms with E-state index in [2.05, 4.69) is 45.1 Å². The molecule has 0 aromatic heterocycles. The van der Waals surface area contributed by atoms with E-state index in [1.165, 1.54) is 5.56 Å². The lowest BCUT2D eigenvalue weighted by molar-refractivity contribution is -0.149. The van der Waals surface area contributed by atoms with E-state index >= 15 is 0 Å². The van der Waals surface area contributed by atoms with Crippen molar-refractivity contribution in [1.82, 2.24) is 4.90 Å². The van der Waals surface area contributed by atoms with Gasteiger partial charge in [-0.05, 0) is 50.6 Å². The zero-order valence-corrected chi connectivity index (χ0v) is 12.9. The van der Waals surface area contributed by atoms with E-state index in [0.717, 1.165) is 36.9 Å². The SMILES string of the molecule is CCOC(=O)C1CCN(Cc2ccc(Br)cc2)CC1. The predicted molar refractivity (Wildman–Crippen MR) is 78.8 cm³/mol. The number of ether oxygens (including phenoxy) is 1. The van der Waals surface area contributed by atoms with Gasteiger partial charge in [0.2, 0.25) is 0 Å². The van der Waals surface area contributed by atoms with Crippen molar-refractivity contribution < 1.29 is 9.53 Å². The summed E-state index contributed by atoms with van der Waals surface area (Å²) in [5.74, 6) is 0.0758. The molecule has 0 atom stereocenters. The highest BCUT2D eigenvalue weighted by Gasteiger charge is 2.25. The second-order valence-electron chi connectivity index (χ2n) is 4.93.